The molecule has 0 spiro atoms. The number of carboxylic acid groups (broad SMARTS) is 1. The molecule has 26 heavy (non-hydrogen) atoms. The third-order valence-corrected chi connectivity index (χ3v) is 4.35. The first-order valence-corrected chi connectivity index (χ1v) is 8.60. The van der Waals surface area contributed by atoms with Crippen LogP contribution in [0.1, 0.15) is 23.7 Å². The van der Waals surface area contributed by atoms with Gasteiger partial charge in [-0.25, -0.2) is 0 Å². The quantitative estimate of drug-likeness (QED) is 0.784. The fraction of sp³-hybridized carbons (Fsp3) is 0.368. The Balaban J connectivity index is 0.000000758. The molecule has 1 amide bonds. The highest BCUT2D eigenvalue weighted by molar-refractivity contribution is 5.82. The lowest BCUT2D eigenvalue weighted by molar-refractivity contribution is -0.127. The van der Waals surface area contributed by atoms with Crippen LogP contribution >= 0.6 is 0 Å². The van der Waals surface area contributed by atoms with Crippen molar-refractivity contribution in [3.63, 3.8) is 0 Å². The molecular weight excluding hydrogens is 332 g/mol. The van der Waals surface area contributed by atoms with Crippen LogP contribution in [0.3, 0.4) is 0 Å². The molecule has 1 aromatic heterocycles. The van der Waals surface area contributed by atoms with Gasteiger partial charge in [-0.2, -0.15) is 0 Å². The molecule has 2 N–H and O–H groups in total. The third kappa shape index (κ3) is 5.35. The minimum Gasteiger partial charge on any atom is -0.483 e. The van der Waals surface area contributed by atoms with Gasteiger partial charge >= 0.3 is 0 Å². The zero-order valence-corrected chi connectivity index (χ0v) is 14.8. The van der Waals surface area contributed by atoms with Gasteiger partial charge in [0.25, 0.3) is 6.47 Å². The van der Waals surface area contributed by atoms with Crippen molar-refractivity contribution < 1.29 is 14.7 Å². The van der Waals surface area contributed by atoms with Gasteiger partial charge in [0.05, 0.1) is 11.7 Å². The van der Waals surface area contributed by atoms with Gasteiger partial charge in [-0.15, -0.1) is 0 Å². The van der Waals surface area contributed by atoms with Crippen molar-refractivity contribution in [2.75, 3.05) is 13.1 Å². The van der Waals surface area contributed by atoms with E-state index in [0.717, 1.165) is 25.2 Å². The van der Waals surface area contributed by atoms with Gasteiger partial charge in [0.1, 0.15) is 0 Å². The number of nitrogens with zero attached hydrogens (tertiary/aromatic N) is 3. The van der Waals surface area contributed by atoms with E-state index < -0.39 is 0 Å². The number of rotatable bonds is 5. The Morgan fingerprint density at radius 1 is 1.35 bits per heavy atom. The maximum atomic E-state index is 12.6. The minimum absolute atomic E-state index is 0.0863. The van der Waals surface area contributed by atoms with Crippen LogP contribution in [0.2, 0.25) is 0 Å². The Morgan fingerprint density at radius 3 is 2.73 bits per heavy atom. The summed E-state index contributed by atoms with van der Waals surface area (Å²) in [5, 5.41) is 9.94. The molecule has 3 rings (SSSR count). The molecule has 1 unspecified atom stereocenters. The zero-order valence-electron chi connectivity index (χ0n) is 14.8. The number of carbonyl (C=O) groups is 2. The van der Waals surface area contributed by atoms with Gasteiger partial charge in [0.2, 0.25) is 5.91 Å². The topological polar surface area (TPSA) is 95.4 Å². The molecule has 0 fully saturated rings. The predicted molar refractivity (Wildman–Crippen MR) is 97.5 cm³/mol. The van der Waals surface area contributed by atoms with E-state index in [4.69, 9.17) is 9.90 Å². The highest BCUT2D eigenvalue weighted by atomic mass is 16.3. The number of hydrogen-bond acceptors (Lipinski definition) is 5. The Morgan fingerprint density at radius 2 is 2.08 bits per heavy atom. The summed E-state index contributed by atoms with van der Waals surface area (Å²) in [4.78, 5) is 31.4. The molecule has 0 saturated carbocycles. The summed E-state index contributed by atoms with van der Waals surface area (Å²) in [5.74, 6) is 0.102. The molecule has 7 nitrogen and oxygen atoms in total. The van der Waals surface area contributed by atoms with Gasteiger partial charge < -0.3 is 10.4 Å². The fourth-order valence-corrected chi connectivity index (χ4v) is 3.06. The number of benzene rings is 1. The summed E-state index contributed by atoms with van der Waals surface area (Å²) < 4.78 is 0. The summed E-state index contributed by atoms with van der Waals surface area (Å²) in [6.07, 6.45) is 6.55. The number of nitrogens with one attached hydrogen (secondary N) is 1. The fourth-order valence-electron chi connectivity index (χ4n) is 3.06. The summed E-state index contributed by atoms with van der Waals surface area (Å²) in [5.41, 5.74) is 3.51. The van der Waals surface area contributed by atoms with E-state index in [2.05, 4.69) is 45.3 Å². The average Bonchev–Trinajstić information content (AvgIpc) is 2.68. The molecule has 0 saturated heterocycles. The number of carbonyl (C=O) groups excluding carboxylic acids is 1. The molecule has 0 radical (unpaired) electrons. The van der Waals surface area contributed by atoms with Crippen molar-refractivity contribution in [1.29, 1.82) is 0 Å². The van der Waals surface area contributed by atoms with E-state index in [1.807, 2.05) is 6.07 Å². The maximum Gasteiger partial charge on any atom is 0.290 e. The number of fused-ring (bicyclic) bond motifs is 1. The average molecular weight is 356 g/mol. The lowest BCUT2D eigenvalue weighted by Gasteiger charge is -2.35. The molecule has 1 aliphatic heterocycles. The normalized spacial score (nSPS) is 16.0. The summed E-state index contributed by atoms with van der Waals surface area (Å²) in [7, 11) is 0. The van der Waals surface area contributed by atoms with E-state index in [9.17, 15) is 4.79 Å². The lowest BCUT2D eigenvalue weighted by atomic mass is 9.93. The van der Waals surface area contributed by atoms with Gasteiger partial charge in [-0.05, 0) is 24.1 Å². The molecule has 138 valence electrons. The number of amides is 1. The van der Waals surface area contributed by atoms with Crippen LogP contribution in [0, 0.1) is 0 Å². The molecule has 0 aliphatic carbocycles. The van der Waals surface area contributed by atoms with Crippen LogP contribution in [-0.4, -0.2) is 51.5 Å². The summed E-state index contributed by atoms with van der Waals surface area (Å²) in [6, 6.07) is 8.30. The summed E-state index contributed by atoms with van der Waals surface area (Å²) in [6.45, 7) is 4.16. The van der Waals surface area contributed by atoms with Crippen molar-refractivity contribution in [2.24, 2.45) is 0 Å². The van der Waals surface area contributed by atoms with Gasteiger partial charge in [-0.1, -0.05) is 31.2 Å². The first-order valence-electron chi connectivity index (χ1n) is 8.60. The zero-order chi connectivity index (χ0) is 18.8. The van der Waals surface area contributed by atoms with E-state index in [1.54, 1.807) is 18.6 Å². The summed E-state index contributed by atoms with van der Waals surface area (Å²) >= 11 is 0. The molecule has 1 atom stereocenters. The monoisotopic (exact) mass is 356 g/mol. The van der Waals surface area contributed by atoms with Crippen LogP contribution in [0.25, 0.3) is 0 Å². The van der Waals surface area contributed by atoms with E-state index in [-0.39, 0.29) is 18.4 Å². The smallest absolute Gasteiger partial charge is 0.290 e. The van der Waals surface area contributed by atoms with Crippen LogP contribution in [0.5, 0.6) is 0 Å². The first kappa shape index (κ1) is 19.5. The van der Waals surface area contributed by atoms with Crippen LogP contribution in [-0.2, 0) is 29.0 Å². The molecule has 0 bridgehead atoms. The molecule has 1 aromatic carbocycles. The van der Waals surface area contributed by atoms with Crippen molar-refractivity contribution >= 4 is 12.4 Å². The number of hydrogen-bond donors (Lipinski definition) is 2. The van der Waals surface area contributed by atoms with E-state index in [1.165, 1.54) is 11.1 Å². The SMILES string of the molecule is CCN1Cc2ccccc2CC1C(=O)NCCc1cnccn1.O=CO. The number of aromatic nitrogens is 2. The molecule has 7 heteroatoms. The highest BCUT2D eigenvalue weighted by Gasteiger charge is 2.29. The van der Waals surface area contributed by atoms with Crippen molar-refractivity contribution in [1.82, 2.24) is 20.2 Å². The van der Waals surface area contributed by atoms with E-state index in [0.29, 0.717) is 13.0 Å². The Bertz CT molecular complexity index is 709. The van der Waals surface area contributed by atoms with E-state index >= 15 is 0 Å². The predicted octanol–water partition coefficient (Wildman–Crippen LogP) is 1.28. The van der Waals surface area contributed by atoms with Gasteiger partial charge in [0.15, 0.2) is 0 Å². The second-order valence-electron chi connectivity index (χ2n) is 5.89. The Labute approximate surface area is 153 Å². The lowest BCUT2D eigenvalue weighted by Crippen LogP contribution is -2.50. The second-order valence-corrected chi connectivity index (χ2v) is 5.89. The third-order valence-electron chi connectivity index (χ3n) is 4.35. The molecule has 2 aromatic rings. The minimum atomic E-state index is -0.250. The van der Waals surface area contributed by atoms with Crippen molar-refractivity contribution in [2.45, 2.75) is 32.4 Å². The molecule has 1 aliphatic rings. The second kappa shape index (κ2) is 10.2. The largest absolute Gasteiger partial charge is 0.483 e. The van der Waals surface area contributed by atoms with Crippen LogP contribution < -0.4 is 5.32 Å². The Hall–Kier alpha value is -2.80. The first-order chi connectivity index (χ1) is 12.7. The standard InChI is InChI=1S/C18H22N4O.CH2O2/c1-2-22-13-15-6-4-3-5-14(15)11-17(22)18(23)21-8-7-16-12-19-9-10-20-16;2-1-3/h3-6,9-10,12,17H,2,7-8,11,13H2,1H3,(H,21,23);1H,(H,2,3). The highest BCUT2D eigenvalue weighted by Crippen LogP contribution is 2.23. The molecular formula is C19H24N4O3. The number of likely N-dealkylation sites (N-methyl/N-ethyl adjacent to an activating group) is 1. The van der Waals surface area contributed by atoms with Crippen molar-refractivity contribution in [3.8, 4) is 0 Å². The van der Waals surface area contributed by atoms with Gasteiger partial charge in [0, 0.05) is 38.1 Å². The Kier molecular flexibility index (Phi) is 7.70. The van der Waals surface area contributed by atoms with Crippen LogP contribution in [0.15, 0.2) is 42.9 Å². The maximum absolute atomic E-state index is 12.6. The van der Waals surface area contributed by atoms with Gasteiger partial charge in [-0.3, -0.25) is 24.5 Å². The van der Waals surface area contributed by atoms with Crippen LogP contribution in [0.4, 0.5) is 0 Å². The molecule has 2 heterocycles. The van der Waals surface area contributed by atoms with Crippen molar-refractivity contribution in [3.05, 3.63) is 59.7 Å².